The van der Waals surface area contributed by atoms with Crippen LogP contribution < -0.4 is 14.9 Å². The molecule has 0 fully saturated rings. The Kier molecular flexibility index (Phi) is 1.97. The predicted octanol–water partition coefficient (Wildman–Crippen LogP) is 2.25. The zero-order valence-corrected chi connectivity index (χ0v) is 9.90. The minimum absolute atomic E-state index is 0.0448. The molecule has 2 aromatic heterocycles. The number of pyridine rings is 1. The van der Waals surface area contributed by atoms with Crippen LogP contribution in [0.5, 0.6) is 11.5 Å². The SMILES string of the molecule is O=c1cc(-c2ccc[nH]2)[nH]c2cc3c(cc12)OCO3. The van der Waals surface area contributed by atoms with E-state index in [1.165, 1.54) is 0 Å². The molecule has 1 aliphatic heterocycles. The Labute approximate surface area is 107 Å². The monoisotopic (exact) mass is 254 g/mol. The van der Waals surface area contributed by atoms with E-state index in [0.717, 1.165) is 16.9 Å². The van der Waals surface area contributed by atoms with Crippen molar-refractivity contribution in [2.45, 2.75) is 0 Å². The van der Waals surface area contributed by atoms with E-state index in [2.05, 4.69) is 9.97 Å². The van der Waals surface area contributed by atoms with Crippen LogP contribution in [0.1, 0.15) is 0 Å². The molecule has 1 aromatic carbocycles. The lowest BCUT2D eigenvalue weighted by molar-refractivity contribution is 0.174. The molecule has 3 heterocycles. The van der Waals surface area contributed by atoms with Crippen molar-refractivity contribution in [3.8, 4) is 22.9 Å². The van der Waals surface area contributed by atoms with Gasteiger partial charge in [-0.1, -0.05) is 0 Å². The number of fused-ring (bicyclic) bond motifs is 2. The van der Waals surface area contributed by atoms with Gasteiger partial charge in [0.05, 0.1) is 16.9 Å². The molecule has 3 aromatic rings. The Morgan fingerprint density at radius 3 is 2.68 bits per heavy atom. The van der Waals surface area contributed by atoms with Crippen molar-refractivity contribution in [2.24, 2.45) is 0 Å². The quantitative estimate of drug-likeness (QED) is 0.700. The third kappa shape index (κ3) is 1.52. The van der Waals surface area contributed by atoms with Crippen molar-refractivity contribution >= 4 is 10.9 Å². The predicted molar refractivity (Wildman–Crippen MR) is 70.5 cm³/mol. The Morgan fingerprint density at radius 1 is 1.05 bits per heavy atom. The smallest absolute Gasteiger partial charge is 0.231 e. The van der Waals surface area contributed by atoms with Crippen molar-refractivity contribution in [3.05, 3.63) is 46.8 Å². The van der Waals surface area contributed by atoms with Gasteiger partial charge in [-0.3, -0.25) is 4.79 Å². The van der Waals surface area contributed by atoms with Gasteiger partial charge in [0, 0.05) is 23.7 Å². The van der Waals surface area contributed by atoms with E-state index in [1.807, 2.05) is 18.3 Å². The maximum Gasteiger partial charge on any atom is 0.231 e. The molecule has 2 N–H and O–H groups in total. The van der Waals surface area contributed by atoms with Crippen molar-refractivity contribution in [3.63, 3.8) is 0 Å². The van der Waals surface area contributed by atoms with E-state index >= 15 is 0 Å². The van der Waals surface area contributed by atoms with E-state index in [9.17, 15) is 4.79 Å². The second-order valence-electron chi connectivity index (χ2n) is 4.38. The first-order valence-corrected chi connectivity index (χ1v) is 5.92. The van der Waals surface area contributed by atoms with Gasteiger partial charge in [-0.05, 0) is 18.2 Å². The Balaban J connectivity index is 2.01. The molecular weight excluding hydrogens is 244 g/mol. The average molecular weight is 254 g/mol. The molecule has 19 heavy (non-hydrogen) atoms. The van der Waals surface area contributed by atoms with Crippen molar-refractivity contribution in [1.82, 2.24) is 9.97 Å². The lowest BCUT2D eigenvalue weighted by Gasteiger charge is -2.04. The zero-order chi connectivity index (χ0) is 12.8. The molecule has 0 atom stereocenters. The molecular formula is C14H10N2O3. The van der Waals surface area contributed by atoms with Crippen LogP contribution in [0.3, 0.4) is 0 Å². The fourth-order valence-electron chi connectivity index (χ4n) is 2.28. The number of aromatic amines is 2. The van der Waals surface area contributed by atoms with Crippen molar-refractivity contribution in [1.29, 1.82) is 0 Å². The Bertz CT molecular complexity index is 819. The first-order chi connectivity index (χ1) is 9.31. The number of nitrogens with one attached hydrogen (secondary N) is 2. The van der Waals surface area contributed by atoms with Gasteiger partial charge in [0.15, 0.2) is 16.9 Å². The number of benzene rings is 1. The number of ether oxygens (including phenoxy) is 2. The van der Waals surface area contributed by atoms with Gasteiger partial charge in [-0.25, -0.2) is 0 Å². The fraction of sp³-hybridized carbons (Fsp3) is 0.0714. The van der Waals surface area contributed by atoms with E-state index in [0.29, 0.717) is 16.9 Å². The summed E-state index contributed by atoms with van der Waals surface area (Å²) >= 11 is 0. The molecule has 0 bridgehead atoms. The van der Waals surface area contributed by atoms with E-state index in [-0.39, 0.29) is 12.2 Å². The lowest BCUT2D eigenvalue weighted by atomic mass is 10.1. The van der Waals surface area contributed by atoms with Crippen LogP contribution in [0.4, 0.5) is 0 Å². The molecule has 5 heteroatoms. The maximum atomic E-state index is 12.2. The molecule has 4 rings (SSSR count). The summed E-state index contributed by atoms with van der Waals surface area (Å²) in [5.41, 5.74) is 2.32. The molecule has 0 saturated carbocycles. The van der Waals surface area contributed by atoms with Gasteiger partial charge in [-0.2, -0.15) is 0 Å². The highest BCUT2D eigenvalue weighted by atomic mass is 16.7. The number of hydrogen-bond acceptors (Lipinski definition) is 3. The summed E-state index contributed by atoms with van der Waals surface area (Å²) in [6.45, 7) is 0.198. The molecule has 1 aliphatic rings. The topological polar surface area (TPSA) is 67.1 Å². The summed E-state index contributed by atoms with van der Waals surface area (Å²) in [7, 11) is 0. The number of H-pyrrole nitrogens is 2. The minimum Gasteiger partial charge on any atom is -0.454 e. The lowest BCUT2D eigenvalue weighted by Crippen LogP contribution is -2.03. The van der Waals surface area contributed by atoms with Gasteiger partial charge in [-0.15, -0.1) is 0 Å². The van der Waals surface area contributed by atoms with Crippen molar-refractivity contribution < 1.29 is 9.47 Å². The molecule has 0 spiro atoms. The summed E-state index contributed by atoms with van der Waals surface area (Å²) in [4.78, 5) is 18.5. The third-order valence-electron chi connectivity index (χ3n) is 3.21. The van der Waals surface area contributed by atoms with Gasteiger partial charge in [0.1, 0.15) is 0 Å². The van der Waals surface area contributed by atoms with Gasteiger partial charge in [0.25, 0.3) is 0 Å². The Hall–Kier alpha value is -2.69. The van der Waals surface area contributed by atoms with Crippen LogP contribution in [0.25, 0.3) is 22.3 Å². The van der Waals surface area contributed by atoms with Crippen LogP contribution in [-0.4, -0.2) is 16.8 Å². The van der Waals surface area contributed by atoms with Gasteiger partial charge < -0.3 is 19.4 Å². The molecule has 0 amide bonds. The fourth-order valence-corrected chi connectivity index (χ4v) is 2.28. The van der Waals surface area contributed by atoms with Crippen molar-refractivity contribution in [2.75, 3.05) is 6.79 Å². The van der Waals surface area contributed by atoms with E-state index in [1.54, 1.807) is 18.2 Å². The number of rotatable bonds is 1. The highest BCUT2D eigenvalue weighted by Crippen LogP contribution is 2.34. The largest absolute Gasteiger partial charge is 0.454 e. The van der Waals surface area contributed by atoms with Crippen LogP contribution in [0.15, 0.2) is 41.3 Å². The molecule has 0 unspecified atom stereocenters. The maximum absolute atomic E-state index is 12.2. The van der Waals surface area contributed by atoms with Gasteiger partial charge in [0.2, 0.25) is 6.79 Å². The summed E-state index contributed by atoms with van der Waals surface area (Å²) in [5.74, 6) is 1.28. The summed E-state index contributed by atoms with van der Waals surface area (Å²) in [6, 6.07) is 8.89. The first kappa shape index (κ1) is 10.3. The third-order valence-corrected chi connectivity index (χ3v) is 3.21. The number of hydrogen-bond donors (Lipinski definition) is 2. The summed E-state index contributed by atoms with van der Waals surface area (Å²) in [5, 5.41) is 0.597. The van der Waals surface area contributed by atoms with E-state index < -0.39 is 0 Å². The molecule has 0 saturated heterocycles. The molecule has 0 aliphatic carbocycles. The zero-order valence-electron chi connectivity index (χ0n) is 9.90. The number of aromatic nitrogens is 2. The Morgan fingerprint density at radius 2 is 1.89 bits per heavy atom. The average Bonchev–Trinajstić information content (AvgIpc) is 3.07. The van der Waals surface area contributed by atoms with Gasteiger partial charge >= 0.3 is 0 Å². The van der Waals surface area contributed by atoms with E-state index in [4.69, 9.17) is 9.47 Å². The van der Waals surface area contributed by atoms with Crippen LogP contribution >= 0.6 is 0 Å². The standard InChI is InChI=1S/C14H10N2O3/c17-12-5-11(9-2-1-3-15-9)16-10-6-14-13(4-8(10)12)18-7-19-14/h1-6,15H,7H2,(H,16,17). The second-order valence-corrected chi connectivity index (χ2v) is 4.38. The second kappa shape index (κ2) is 3.65. The van der Waals surface area contributed by atoms with Crippen LogP contribution in [-0.2, 0) is 0 Å². The first-order valence-electron chi connectivity index (χ1n) is 5.92. The minimum atomic E-state index is -0.0448. The molecule has 5 nitrogen and oxygen atoms in total. The highest BCUT2D eigenvalue weighted by Gasteiger charge is 2.16. The normalized spacial score (nSPS) is 13.1. The van der Waals surface area contributed by atoms with Crippen LogP contribution in [0, 0.1) is 0 Å². The van der Waals surface area contributed by atoms with Crippen LogP contribution in [0.2, 0.25) is 0 Å². The molecule has 94 valence electrons. The highest BCUT2D eigenvalue weighted by molar-refractivity contribution is 5.84. The summed E-state index contributed by atoms with van der Waals surface area (Å²) in [6.07, 6.45) is 1.82. The molecule has 0 radical (unpaired) electrons. The summed E-state index contributed by atoms with van der Waals surface area (Å²) < 4.78 is 10.6.